The number of nitrogens with zero attached hydrogens (tertiary/aromatic N) is 1. The third kappa shape index (κ3) is 1.93. The summed E-state index contributed by atoms with van der Waals surface area (Å²) >= 11 is 0. The monoisotopic (exact) mass is 270 g/mol. The van der Waals surface area contributed by atoms with Crippen molar-refractivity contribution >= 4 is 17.3 Å². The molecule has 20 heavy (non-hydrogen) atoms. The van der Waals surface area contributed by atoms with Crippen LogP contribution >= 0.6 is 0 Å². The number of halogens is 1. The lowest BCUT2D eigenvalue weighted by molar-refractivity contribution is 0.0981. The second-order valence-corrected chi connectivity index (χ2v) is 5.09. The van der Waals surface area contributed by atoms with Crippen molar-refractivity contribution in [3.05, 3.63) is 59.4 Å². The molecule has 1 unspecified atom stereocenters. The highest BCUT2D eigenvalue weighted by Gasteiger charge is 2.31. The molecule has 0 radical (unpaired) electrons. The summed E-state index contributed by atoms with van der Waals surface area (Å²) in [6.07, 6.45) is 0.832. The number of carbonyl (C=O) groups excluding carboxylic acids is 1. The van der Waals surface area contributed by atoms with E-state index in [4.69, 9.17) is 5.73 Å². The molecule has 3 rings (SSSR count). The van der Waals surface area contributed by atoms with E-state index in [0.717, 1.165) is 17.7 Å². The van der Waals surface area contributed by atoms with Gasteiger partial charge in [-0.05, 0) is 43.2 Å². The van der Waals surface area contributed by atoms with Crippen molar-refractivity contribution in [2.75, 3.05) is 10.6 Å². The highest BCUT2D eigenvalue weighted by atomic mass is 19.1. The van der Waals surface area contributed by atoms with E-state index in [9.17, 15) is 9.18 Å². The van der Waals surface area contributed by atoms with Gasteiger partial charge in [0.15, 0.2) is 0 Å². The van der Waals surface area contributed by atoms with E-state index in [1.807, 2.05) is 31.2 Å². The Hall–Kier alpha value is -2.36. The normalized spacial score (nSPS) is 17.1. The summed E-state index contributed by atoms with van der Waals surface area (Å²) in [6.45, 7) is 2.00. The molecule has 0 spiro atoms. The van der Waals surface area contributed by atoms with Crippen LogP contribution in [0.2, 0.25) is 0 Å². The second-order valence-electron chi connectivity index (χ2n) is 5.09. The van der Waals surface area contributed by atoms with Gasteiger partial charge in [-0.3, -0.25) is 4.79 Å². The first-order valence-corrected chi connectivity index (χ1v) is 6.54. The fourth-order valence-electron chi connectivity index (χ4n) is 2.69. The predicted molar refractivity (Wildman–Crippen MR) is 77.2 cm³/mol. The number of amides is 1. The van der Waals surface area contributed by atoms with Gasteiger partial charge in [-0.2, -0.15) is 0 Å². The number of fused-ring (bicyclic) bond motifs is 1. The number of anilines is 2. The van der Waals surface area contributed by atoms with Gasteiger partial charge in [-0.15, -0.1) is 0 Å². The second kappa shape index (κ2) is 4.63. The number of nitrogen functional groups attached to an aromatic ring is 1. The van der Waals surface area contributed by atoms with Crippen LogP contribution in [-0.2, 0) is 6.42 Å². The summed E-state index contributed by atoms with van der Waals surface area (Å²) in [5, 5.41) is 0. The fraction of sp³-hybridized carbons (Fsp3) is 0.188. The standard InChI is InChI=1S/C16H15FN2O/c1-10-8-11-4-2-3-5-15(11)19(10)16(20)12-6-7-13(17)14(18)9-12/h2-7,9-10H,8,18H2,1H3. The smallest absolute Gasteiger partial charge is 0.258 e. The van der Waals surface area contributed by atoms with Crippen molar-refractivity contribution in [3.8, 4) is 0 Å². The molecule has 1 aliphatic heterocycles. The van der Waals surface area contributed by atoms with Crippen LogP contribution in [-0.4, -0.2) is 11.9 Å². The van der Waals surface area contributed by atoms with E-state index < -0.39 is 5.82 Å². The zero-order valence-electron chi connectivity index (χ0n) is 11.1. The molecule has 1 amide bonds. The van der Waals surface area contributed by atoms with Gasteiger partial charge >= 0.3 is 0 Å². The van der Waals surface area contributed by atoms with Crippen LogP contribution in [0.3, 0.4) is 0 Å². The van der Waals surface area contributed by atoms with Gasteiger partial charge in [0.1, 0.15) is 5.82 Å². The highest BCUT2D eigenvalue weighted by Crippen LogP contribution is 2.33. The molecular formula is C16H15FN2O. The number of carbonyl (C=O) groups is 1. The quantitative estimate of drug-likeness (QED) is 0.810. The third-order valence-electron chi connectivity index (χ3n) is 3.67. The number of para-hydroxylation sites is 1. The molecule has 0 aromatic heterocycles. The van der Waals surface area contributed by atoms with Crippen molar-refractivity contribution < 1.29 is 9.18 Å². The summed E-state index contributed by atoms with van der Waals surface area (Å²) in [7, 11) is 0. The lowest BCUT2D eigenvalue weighted by atomic mass is 10.1. The van der Waals surface area contributed by atoms with E-state index in [1.54, 1.807) is 4.90 Å². The SMILES string of the molecule is CC1Cc2ccccc2N1C(=O)c1ccc(F)c(N)c1. The first-order chi connectivity index (χ1) is 9.58. The molecule has 4 heteroatoms. The molecule has 1 atom stereocenters. The van der Waals surface area contributed by atoms with Crippen LogP contribution < -0.4 is 10.6 Å². The maximum absolute atomic E-state index is 13.2. The Labute approximate surface area is 116 Å². The Balaban J connectivity index is 2.00. The maximum atomic E-state index is 13.2. The molecule has 3 nitrogen and oxygen atoms in total. The first kappa shape index (κ1) is 12.7. The Morgan fingerprint density at radius 1 is 1.30 bits per heavy atom. The van der Waals surface area contributed by atoms with Crippen LogP contribution in [0.5, 0.6) is 0 Å². The van der Waals surface area contributed by atoms with Gasteiger partial charge in [0.2, 0.25) is 0 Å². The van der Waals surface area contributed by atoms with Crippen molar-refractivity contribution in [1.29, 1.82) is 0 Å². The largest absolute Gasteiger partial charge is 0.396 e. The first-order valence-electron chi connectivity index (χ1n) is 6.54. The molecule has 2 aromatic rings. The minimum atomic E-state index is -0.503. The van der Waals surface area contributed by atoms with Crippen LogP contribution in [0.1, 0.15) is 22.8 Å². The molecule has 0 bridgehead atoms. The molecule has 0 aliphatic carbocycles. The minimum absolute atomic E-state index is 0.00372. The Kier molecular flexibility index (Phi) is 2.93. The fourth-order valence-corrected chi connectivity index (χ4v) is 2.69. The van der Waals surface area contributed by atoms with Gasteiger partial charge in [-0.25, -0.2) is 4.39 Å². The molecular weight excluding hydrogens is 255 g/mol. The van der Waals surface area contributed by atoms with Crippen LogP contribution in [0, 0.1) is 5.82 Å². The molecule has 0 fully saturated rings. The van der Waals surface area contributed by atoms with E-state index in [0.29, 0.717) is 5.56 Å². The van der Waals surface area contributed by atoms with Crippen LogP contribution in [0.25, 0.3) is 0 Å². The summed E-state index contributed by atoms with van der Waals surface area (Å²) in [4.78, 5) is 14.4. The number of hydrogen-bond donors (Lipinski definition) is 1. The number of hydrogen-bond acceptors (Lipinski definition) is 2. The highest BCUT2D eigenvalue weighted by molar-refractivity contribution is 6.08. The molecule has 1 aliphatic rings. The Morgan fingerprint density at radius 2 is 2.05 bits per heavy atom. The lowest BCUT2D eigenvalue weighted by Gasteiger charge is -2.23. The maximum Gasteiger partial charge on any atom is 0.258 e. The Morgan fingerprint density at radius 3 is 2.80 bits per heavy atom. The molecule has 102 valence electrons. The Bertz CT molecular complexity index is 684. The average molecular weight is 270 g/mol. The minimum Gasteiger partial charge on any atom is -0.396 e. The van der Waals surface area contributed by atoms with Gasteiger partial charge in [-0.1, -0.05) is 18.2 Å². The number of nitrogens with two attached hydrogens (primary N) is 1. The van der Waals surface area contributed by atoms with Crippen LogP contribution in [0.4, 0.5) is 15.8 Å². The summed E-state index contributed by atoms with van der Waals surface area (Å²) in [5.41, 5.74) is 8.03. The van der Waals surface area contributed by atoms with E-state index in [-0.39, 0.29) is 17.6 Å². The summed E-state index contributed by atoms with van der Waals surface area (Å²) in [5.74, 6) is -0.648. The van der Waals surface area contributed by atoms with E-state index in [2.05, 4.69) is 0 Å². The number of rotatable bonds is 1. The lowest BCUT2D eigenvalue weighted by Crippen LogP contribution is -2.35. The average Bonchev–Trinajstić information content (AvgIpc) is 2.77. The number of benzene rings is 2. The molecule has 0 saturated carbocycles. The molecule has 2 aromatic carbocycles. The van der Waals surface area contributed by atoms with Crippen molar-refractivity contribution in [1.82, 2.24) is 0 Å². The molecule has 0 saturated heterocycles. The molecule has 1 heterocycles. The van der Waals surface area contributed by atoms with Crippen LogP contribution in [0.15, 0.2) is 42.5 Å². The van der Waals surface area contributed by atoms with Crippen molar-refractivity contribution in [2.24, 2.45) is 0 Å². The van der Waals surface area contributed by atoms with Gasteiger partial charge in [0.05, 0.1) is 5.69 Å². The zero-order chi connectivity index (χ0) is 14.3. The predicted octanol–water partition coefficient (Wildman–Crippen LogP) is 3.00. The van der Waals surface area contributed by atoms with Crippen molar-refractivity contribution in [3.63, 3.8) is 0 Å². The van der Waals surface area contributed by atoms with E-state index in [1.165, 1.54) is 18.2 Å². The topological polar surface area (TPSA) is 46.3 Å². The summed E-state index contributed by atoms with van der Waals surface area (Å²) < 4.78 is 13.2. The van der Waals surface area contributed by atoms with Gasteiger partial charge in [0.25, 0.3) is 5.91 Å². The van der Waals surface area contributed by atoms with Gasteiger partial charge < -0.3 is 10.6 Å². The summed E-state index contributed by atoms with van der Waals surface area (Å²) in [6, 6.07) is 12.0. The molecule has 2 N–H and O–H groups in total. The van der Waals surface area contributed by atoms with E-state index >= 15 is 0 Å². The van der Waals surface area contributed by atoms with Crippen molar-refractivity contribution in [2.45, 2.75) is 19.4 Å². The van der Waals surface area contributed by atoms with Gasteiger partial charge in [0, 0.05) is 17.3 Å². The third-order valence-corrected chi connectivity index (χ3v) is 3.67. The zero-order valence-corrected chi connectivity index (χ0v) is 11.1.